The Morgan fingerprint density at radius 2 is 1.88 bits per heavy atom. The number of piperidine rings is 1. The molecule has 1 N–H and O–H groups in total. The first-order valence-corrected chi connectivity index (χ1v) is 7.17. The summed E-state index contributed by atoms with van der Waals surface area (Å²) in [5, 5.41) is 0. The van der Waals surface area contributed by atoms with Gasteiger partial charge in [0.15, 0.2) is 0 Å². The van der Waals surface area contributed by atoms with E-state index in [4.69, 9.17) is 0 Å². The maximum Gasteiger partial charge on any atom is 0.0807 e. The minimum atomic E-state index is 0.804. The Morgan fingerprint density at radius 1 is 1.19 bits per heavy atom. The van der Waals surface area contributed by atoms with Gasteiger partial charge in [-0.25, -0.2) is 0 Å². The molecule has 1 aliphatic carbocycles. The van der Waals surface area contributed by atoms with Crippen LogP contribution in [0.3, 0.4) is 0 Å². The van der Waals surface area contributed by atoms with Crippen LogP contribution in [0.25, 0.3) is 0 Å². The fourth-order valence-corrected chi connectivity index (χ4v) is 3.79. The second-order valence-corrected chi connectivity index (χ2v) is 6.23. The predicted octanol–water partition coefficient (Wildman–Crippen LogP) is 2.29. The van der Waals surface area contributed by atoms with Crippen LogP contribution in [0.5, 0.6) is 0 Å². The van der Waals surface area contributed by atoms with Gasteiger partial charge in [0, 0.05) is 5.92 Å². The summed E-state index contributed by atoms with van der Waals surface area (Å²) in [7, 11) is 0. The molecule has 92 valence electrons. The number of quaternary nitrogens is 1. The molecular weight excluding hydrogens is 194 g/mol. The molecule has 1 aliphatic heterocycles. The van der Waals surface area contributed by atoms with Crippen molar-refractivity contribution in [3.05, 3.63) is 11.6 Å². The zero-order valence-electron chi connectivity index (χ0n) is 11.3. The topological polar surface area (TPSA) is 4.44 Å². The van der Waals surface area contributed by atoms with Crippen molar-refractivity contribution in [2.24, 2.45) is 17.8 Å². The highest BCUT2D eigenvalue weighted by molar-refractivity contribution is 5.07. The van der Waals surface area contributed by atoms with Crippen molar-refractivity contribution in [2.75, 3.05) is 19.6 Å². The minimum Gasteiger partial charge on any atom is -0.335 e. The van der Waals surface area contributed by atoms with Gasteiger partial charge in [0.2, 0.25) is 0 Å². The lowest BCUT2D eigenvalue weighted by atomic mass is 9.74. The first-order chi connectivity index (χ1) is 7.66. The minimum absolute atomic E-state index is 0.804. The summed E-state index contributed by atoms with van der Waals surface area (Å²) in [5.41, 5.74) is 1.62. The van der Waals surface area contributed by atoms with Crippen LogP contribution < -0.4 is 4.90 Å². The molecule has 0 unspecified atom stereocenters. The van der Waals surface area contributed by atoms with Gasteiger partial charge in [-0.3, -0.25) is 0 Å². The molecule has 0 saturated carbocycles. The Balaban J connectivity index is 1.92. The second kappa shape index (κ2) is 5.35. The number of rotatable bonds is 2. The van der Waals surface area contributed by atoms with Crippen molar-refractivity contribution in [2.45, 2.75) is 46.5 Å². The average Bonchev–Trinajstić information content (AvgIpc) is 2.25. The average molecular weight is 222 g/mol. The van der Waals surface area contributed by atoms with Crippen LogP contribution >= 0.6 is 0 Å². The number of likely N-dealkylation sites (tertiary alicyclic amines) is 1. The molecule has 1 saturated heterocycles. The quantitative estimate of drug-likeness (QED) is 0.684. The fraction of sp³-hybridized carbons (Fsp3) is 0.867. The predicted molar refractivity (Wildman–Crippen MR) is 69.6 cm³/mol. The molecule has 0 spiro atoms. The molecule has 0 amide bonds. The van der Waals surface area contributed by atoms with Gasteiger partial charge in [0.25, 0.3) is 0 Å². The van der Waals surface area contributed by atoms with E-state index >= 15 is 0 Å². The third kappa shape index (κ3) is 2.88. The monoisotopic (exact) mass is 222 g/mol. The Morgan fingerprint density at radius 3 is 2.50 bits per heavy atom. The van der Waals surface area contributed by atoms with E-state index in [1.54, 1.807) is 5.57 Å². The van der Waals surface area contributed by atoms with Crippen molar-refractivity contribution >= 4 is 0 Å². The van der Waals surface area contributed by atoms with E-state index in [-0.39, 0.29) is 0 Å². The van der Waals surface area contributed by atoms with Crippen LogP contribution in [0.15, 0.2) is 11.6 Å². The third-order valence-electron chi connectivity index (χ3n) is 4.68. The summed E-state index contributed by atoms with van der Waals surface area (Å²) < 4.78 is 0. The standard InChI is InChI=1S/C15H27N/c1-12-9-13(2)15(14(3)10-12)11-16-7-5-4-6-8-16/h9,13-15H,4-8,10-11H2,1-3H3/p+1/t13-,14-,15+/m1/s1. The molecule has 2 aliphatic rings. The Kier molecular flexibility index (Phi) is 4.07. The van der Waals surface area contributed by atoms with E-state index in [1.807, 2.05) is 4.90 Å². The maximum atomic E-state index is 2.52. The highest BCUT2D eigenvalue weighted by Gasteiger charge is 2.30. The second-order valence-electron chi connectivity index (χ2n) is 6.23. The summed E-state index contributed by atoms with van der Waals surface area (Å²) in [6.45, 7) is 11.5. The van der Waals surface area contributed by atoms with Crippen molar-refractivity contribution in [3.8, 4) is 0 Å². The molecule has 1 heteroatoms. The van der Waals surface area contributed by atoms with Crippen LogP contribution in [0, 0.1) is 17.8 Å². The Labute approximate surface area is 101 Å². The van der Waals surface area contributed by atoms with Gasteiger partial charge in [-0.15, -0.1) is 0 Å². The summed E-state index contributed by atoms with van der Waals surface area (Å²) in [4.78, 5) is 1.88. The van der Waals surface area contributed by atoms with E-state index in [1.165, 1.54) is 45.3 Å². The van der Waals surface area contributed by atoms with Gasteiger partial charge < -0.3 is 4.90 Å². The molecule has 0 aromatic carbocycles. The first kappa shape index (κ1) is 12.2. The summed E-state index contributed by atoms with van der Waals surface area (Å²) >= 11 is 0. The van der Waals surface area contributed by atoms with E-state index in [2.05, 4.69) is 26.8 Å². The highest BCUT2D eigenvalue weighted by atomic mass is 15.1. The third-order valence-corrected chi connectivity index (χ3v) is 4.68. The molecule has 3 atom stereocenters. The highest BCUT2D eigenvalue weighted by Crippen LogP contribution is 2.32. The van der Waals surface area contributed by atoms with Gasteiger partial charge in [-0.1, -0.05) is 25.5 Å². The van der Waals surface area contributed by atoms with Crippen LogP contribution in [-0.4, -0.2) is 19.6 Å². The molecule has 0 aromatic rings. The van der Waals surface area contributed by atoms with Gasteiger partial charge >= 0.3 is 0 Å². The lowest BCUT2D eigenvalue weighted by molar-refractivity contribution is -0.909. The summed E-state index contributed by atoms with van der Waals surface area (Å²) in [5.74, 6) is 2.63. The molecule has 1 fully saturated rings. The molecule has 0 aromatic heterocycles. The van der Waals surface area contributed by atoms with Gasteiger partial charge in [0.05, 0.1) is 19.6 Å². The van der Waals surface area contributed by atoms with Crippen molar-refractivity contribution in [1.29, 1.82) is 0 Å². The smallest absolute Gasteiger partial charge is 0.0807 e. The zero-order valence-corrected chi connectivity index (χ0v) is 11.3. The van der Waals surface area contributed by atoms with Crippen molar-refractivity contribution in [1.82, 2.24) is 0 Å². The van der Waals surface area contributed by atoms with Crippen LogP contribution in [0.1, 0.15) is 46.5 Å². The number of allylic oxidation sites excluding steroid dienone is 2. The van der Waals surface area contributed by atoms with Crippen LogP contribution in [-0.2, 0) is 0 Å². The molecule has 0 bridgehead atoms. The van der Waals surface area contributed by atoms with Crippen molar-refractivity contribution in [3.63, 3.8) is 0 Å². The lowest BCUT2D eigenvalue weighted by Gasteiger charge is -2.36. The number of hydrogen-bond donors (Lipinski definition) is 1. The largest absolute Gasteiger partial charge is 0.335 e. The van der Waals surface area contributed by atoms with E-state index in [9.17, 15) is 0 Å². The van der Waals surface area contributed by atoms with E-state index in [0.717, 1.165) is 17.8 Å². The molecule has 1 nitrogen and oxygen atoms in total. The molecule has 16 heavy (non-hydrogen) atoms. The summed E-state index contributed by atoms with van der Waals surface area (Å²) in [6, 6.07) is 0. The van der Waals surface area contributed by atoms with Crippen LogP contribution in [0.2, 0.25) is 0 Å². The Bertz CT molecular complexity index is 250. The van der Waals surface area contributed by atoms with Gasteiger partial charge in [-0.2, -0.15) is 0 Å². The van der Waals surface area contributed by atoms with E-state index in [0.29, 0.717) is 0 Å². The normalized spacial score (nSPS) is 37.2. The summed E-state index contributed by atoms with van der Waals surface area (Å²) in [6.07, 6.45) is 8.24. The van der Waals surface area contributed by atoms with Gasteiger partial charge in [0.1, 0.15) is 0 Å². The Hall–Kier alpha value is -0.300. The fourth-order valence-electron chi connectivity index (χ4n) is 3.79. The number of nitrogens with one attached hydrogen (secondary N) is 1. The lowest BCUT2D eigenvalue weighted by Crippen LogP contribution is -3.13. The molecule has 2 rings (SSSR count). The molecular formula is C15H28N+. The van der Waals surface area contributed by atoms with E-state index < -0.39 is 0 Å². The maximum absolute atomic E-state index is 2.52. The first-order valence-electron chi connectivity index (χ1n) is 7.17. The van der Waals surface area contributed by atoms with Crippen molar-refractivity contribution < 1.29 is 4.90 Å². The van der Waals surface area contributed by atoms with Gasteiger partial charge in [-0.05, 0) is 44.4 Å². The SMILES string of the molecule is CC1=C[C@@H](C)[C@H](C[NH+]2CCCCC2)[C@H](C)C1. The zero-order chi connectivity index (χ0) is 11.5. The molecule has 1 heterocycles. The number of hydrogen-bond acceptors (Lipinski definition) is 0. The molecule has 0 radical (unpaired) electrons. The van der Waals surface area contributed by atoms with Crippen LogP contribution in [0.4, 0.5) is 0 Å².